The monoisotopic (exact) mass is 816 g/mol. The average molecular weight is 816 g/mol. The van der Waals surface area contributed by atoms with Gasteiger partial charge in [-0.2, -0.15) is 0 Å². The Bertz CT molecular complexity index is 2700. The summed E-state index contributed by atoms with van der Waals surface area (Å²) >= 11 is 0. The van der Waals surface area contributed by atoms with Crippen LogP contribution in [0.2, 0.25) is 0 Å². The van der Waals surface area contributed by atoms with Gasteiger partial charge in [0.05, 0.1) is 11.2 Å². The third-order valence-corrected chi connectivity index (χ3v) is 15.7. The average Bonchev–Trinajstić information content (AvgIpc) is 3.43. The highest BCUT2D eigenvalue weighted by Gasteiger charge is 2.61. The van der Waals surface area contributed by atoms with E-state index in [0.29, 0.717) is 0 Å². The van der Waals surface area contributed by atoms with E-state index in [2.05, 4.69) is 220 Å². The molecule has 2 unspecified atom stereocenters. The second-order valence-electron chi connectivity index (χ2n) is 22.8. The van der Waals surface area contributed by atoms with E-state index in [-0.39, 0.29) is 33.9 Å². The maximum absolute atomic E-state index is 2.89. The first-order valence-electron chi connectivity index (χ1n) is 23.4. The molecule has 3 heterocycles. The molecule has 0 N–H and O–H groups in total. The summed E-state index contributed by atoms with van der Waals surface area (Å²) in [6.07, 6.45) is 4.87. The van der Waals surface area contributed by atoms with Gasteiger partial charge in [0.2, 0.25) is 0 Å². The molecule has 0 amide bonds. The Labute approximate surface area is 373 Å². The molecule has 6 aromatic rings. The minimum Gasteiger partial charge on any atom is -0.335 e. The van der Waals surface area contributed by atoms with Gasteiger partial charge in [0.15, 0.2) is 0 Å². The van der Waals surface area contributed by atoms with Crippen LogP contribution in [0.25, 0.3) is 0 Å². The lowest BCUT2D eigenvalue weighted by Crippen LogP contribution is -2.64. The SMILES string of the molecule is Cc1ccccc1N1c2cc(N(c3ccc(C(C)(C)C)cc3)c3ccc(C(C)(C)C)cc3)cc3c2B(c2cccc(C)c21)c1cc(C(C)(C)C)cc2c1N3C1(C)CCCCC21C. The third-order valence-electron chi connectivity index (χ3n) is 15.7. The predicted octanol–water partition coefficient (Wildman–Crippen LogP) is 14.0. The summed E-state index contributed by atoms with van der Waals surface area (Å²) in [5.41, 5.74) is 22.8. The molecular weight excluding hydrogens is 749 g/mol. The van der Waals surface area contributed by atoms with Crippen LogP contribution >= 0.6 is 0 Å². The quantitative estimate of drug-likeness (QED) is 0.164. The normalized spacial score (nSPS) is 20.1. The maximum atomic E-state index is 2.89. The van der Waals surface area contributed by atoms with Crippen molar-refractivity contribution in [2.45, 2.75) is 143 Å². The number of fused-ring (bicyclic) bond motifs is 7. The number of aryl methyl sites for hydroxylation is 2. The van der Waals surface area contributed by atoms with Gasteiger partial charge in [-0.1, -0.05) is 155 Å². The van der Waals surface area contributed by atoms with Crippen LogP contribution in [-0.2, 0) is 21.7 Å². The summed E-state index contributed by atoms with van der Waals surface area (Å²) in [7, 11) is 0. The number of nitrogens with zero attached hydrogens (tertiary/aromatic N) is 3. The summed E-state index contributed by atoms with van der Waals surface area (Å²) in [6, 6.07) is 45.2. The van der Waals surface area contributed by atoms with Crippen LogP contribution in [0.5, 0.6) is 0 Å². The van der Waals surface area contributed by atoms with Crippen molar-refractivity contribution in [3.63, 3.8) is 0 Å². The number of rotatable bonds is 4. The van der Waals surface area contributed by atoms with Gasteiger partial charge in [-0.05, 0) is 142 Å². The molecule has 0 bridgehead atoms. The van der Waals surface area contributed by atoms with E-state index in [0.717, 1.165) is 6.42 Å². The zero-order valence-electron chi connectivity index (χ0n) is 39.7. The van der Waals surface area contributed by atoms with Gasteiger partial charge in [0, 0.05) is 45.2 Å². The second-order valence-corrected chi connectivity index (χ2v) is 22.8. The Kier molecular flexibility index (Phi) is 8.98. The van der Waals surface area contributed by atoms with Crippen molar-refractivity contribution in [2.75, 3.05) is 14.7 Å². The van der Waals surface area contributed by atoms with Gasteiger partial charge >= 0.3 is 0 Å². The maximum Gasteiger partial charge on any atom is 0.252 e. The van der Waals surface area contributed by atoms with Crippen molar-refractivity contribution in [3.8, 4) is 0 Å². The summed E-state index contributed by atoms with van der Waals surface area (Å²) in [5, 5.41) is 0. The molecule has 1 fully saturated rings. The molecule has 1 saturated carbocycles. The highest BCUT2D eigenvalue weighted by Crippen LogP contribution is 2.63. The Morgan fingerprint density at radius 1 is 0.516 bits per heavy atom. The first-order chi connectivity index (χ1) is 29.2. The third kappa shape index (κ3) is 5.91. The van der Waals surface area contributed by atoms with Crippen molar-refractivity contribution in [3.05, 3.63) is 149 Å². The fraction of sp³-hybridized carbons (Fsp3) is 0.379. The van der Waals surface area contributed by atoms with Crippen LogP contribution in [0.15, 0.2) is 115 Å². The topological polar surface area (TPSA) is 9.72 Å². The molecule has 0 saturated heterocycles. The first kappa shape index (κ1) is 40.8. The van der Waals surface area contributed by atoms with Gasteiger partial charge < -0.3 is 14.7 Å². The van der Waals surface area contributed by atoms with Crippen molar-refractivity contribution >= 4 is 68.6 Å². The zero-order valence-corrected chi connectivity index (χ0v) is 39.7. The van der Waals surface area contributed by atoms with Crippen LogP contribution < -0.4 is 31.1 Å². The Morgan fingerprint density at radius 2 is 1.08 bits per heavy atom. The predicted molar refractivity (Wildman–Crippen MR) is 269 cm³/mol. The second kappa shape index (κ2) is 13.6. The number of hydrogen-bond acceptors (Lipinski definition) is 3. The standard InChI is InChI=1S/C58H66BN3/c1-37-19-14-15-22-48(37)61-49-35-44(60(42-27-23-39(24-28-42)54(3,4)5)43-29-25-40(26-30-43)55(6,7)8)36-50-51(49)59(46-21-18-20-38(2)52(46)61)47-34-41(56(9,10)11)33-45-53(47)62(50)58(13)32-17-16-31-57(45,58)12/h14-15,18-30,33-36H,16-17,31-32H2,1-13H3. The van der Waals surface area contributed by atoms with Crippen molar-refractivity contribution in [1.82, 2.24) is 0 Å². The van der Waals surface area contributed by atoms with Gasteiger partial charge in [-0.15, -0.1) is 0 Å². The molecule has 0 radical (unpaired) electrons. The van der Waals surface area contributed by atoms with Gasteiger partial charge in [0.1, 0.15) is 0 Å². The van der Waals surface area contributed by atoms with Crippen LogP contribution in [0.1, 0.15) is 135 Å². The van der Waals surface area contributed by atoms with Crippen LogP contribution in [0, 0.1) is 13.8 Å². The summed E-state index contributed by atoms with van der Waals surface area (Å²) in [6.45, 7) is 31.0. The Hall–Kier alpha value is -5.22. The first-order valence-corrected chi connectivity index (χ1v) is 23.4. The van der Waals surface area contributed by atoms with Crippen molar-refractivity contribution in [2.24, 2.45) is 0 Å². The molecule has 1 aliphatic carbocycles. The molecular formula is C58H66BN3. The van der Waals surface area contributed by atoms with E-state index in [1.54, 1.807) is 5.56 Å². The summed E-state index contributed by atoms with van der Waals surface area (Å²) in [4.78, 5) is 8.06. The molecule has 2 atom stereocenters. The molecule has 3 nitrogen and oxygen atoms in total. The van der Waals surface area contributed by atoms with E-state index in [4.69, 9.17) is 0 Å². The highest BCUT2D eigenvalue weighted by molar-refractivity contribution is 7.00. The van der Waals surface area contributed by atoms with E-state index in [1.807, 2.05) is 0 Å². The fourth-order valence-electron chi connectivity index (χ4n) is 11.8. The van der Waals surface area contributed by atoms with Crippen LogP contribution in [-0.4, -0.2) is 12.3 Å². The van der Waals surface area contributed by atoms with E-state index in [9.17, 15) is 0 Å². The number of benzene rings is 6. The lowest BCUT2D eigenvalue weighted by atomic mass is 9.33. The van der Waals surface area contributed by atoms with Gasteiger partial charge in [0.25, 0.3) is 6.71 Å². The van der Waals surface area contributed by atoms with Crippen molar-refractivity contribution < 1.29 is 0 Å². The zero-order chi connectivity index (χ0) is 43.9. The Balaban J connectivity index is 1.34. The molecule has 6 aromatic carbocycles. The number of para-hydroxylation sites is 2. The molecule has 4 aliphatic rings. The largest absolute Gasteiger partial charge is 0.335 e. The molecule has 316 valence electrons. The molecule has 0 spiro atoms. The molecule has 3 aliphatic heterocycles. The summed E-state index contributed by atoms with van der Waals surface area (Å²) < 4.78 is 0. The van der Waals surface area contributed by atoms with Gasteiger partial charge in [-0.25, -0.2) is 0 Å². The Morgan fingerprint density at radius 3 is 1.68 bits per heavy atom. The summed E-state index contributed by atoms with van der Waals surface area (Å²) in [5.74, 6) is 0. The molecule has 10 rings (SSSR count). The van der Waals surface area contributed by atoms with E-state index < -0.39 is 0 Å². The molecule has 4 heteroatoms. The number of anilines is 8. The van der Waals surface area contributed by atoms with Crippen molar-refractivity contribution in [1.29, 1.82) is 0 Å². The highest BCUT2D eigenvalue weighted by atomic mass is 15.3. The molecule has 0 aromatic heterocycles. The smallest absolute Gasteiger partial charge is 0.252 e. The van der Waals surface area contributed by atoms with Gasteiger partial charge in [-0.3, -0.25) is 0 Å². The van der Waals surface area contributed by atoms with Crippen LogP contribution in [0.4, 0.5) is 45.5 Å². The minimum atomic E-state index is -0.0931. The van der Waals surface area contributed by atoms with Crippen LogP contribution in [0.3, 0.4) is 0 Å². The number of hydrogen-bond donors (Lipinski definition) is 0. The lowest BCUT2D eigenvalue weighted by molar-refractivity contribution is 0.195. The molecule has 62 heavy (non-hydrogen) atoms. The lowest BCUT2D eigenvalue weighted by Gasteiger charge is -2.53. The minimum absolute atomic E-state index is 0.00335. The fourth-order valence-corrected chi connectivity index (χ4v) is 11.8. The van der Waals surface area contributed by atoms with E-state index >= 15 is 0 Å². The van der Waals surface area contributed by atoms with E-state index in [1.165, 1.54) is 109 Å².